The van der Waals surface area contributed by atoms with E-state index in [0.717, 1.165) is 24.8 Å². The topological polar surface area (TPSA) is 98.5 Å². The van der Waals surface area contributed by atoms with Crippen LogP contribution in [0.4, 0.5) is 5.69 Å². The van der Waals surface area contributed by atoms with Gasteiger partial charge in [-0.25, -0.2) is 4.79 Å². The van der Waals surface area contributed by atoms with E-state index in [1.807, 2.05) is 18.2 Å². The van der Waals surface area contributed by atoms with Crippen molar-refractivity contribution in [2.45, 2.75) is 32.2 Å². The maximum Gasteiger partial charge on any atom is 0.339 e. The Kier molecular flexibility index (Phi) is 5.49. The zero-order chi connectivity index (χ0) is 19.4. The first-order valence-corrected chi connectivity index (χ1v) is 8.75. The maximum atomic E-state index is 12.2. The standard InChI is InChI=1S/C20H20N2O5/c1-13-15(9-5-11-18(13)22(25)26)20(24)27-12-19(23)21-17-10-4-7-14-6-2-3-8-16(14)17/h2-3,5-6,8-9,11,17H,4,7,10,12H2,1H3,(H,21,23)/t17-/m0/s1. The number of ether oxygens (including phenoxy) is 1. The molecular weight excluding hydrogens is 348 g/mol. The van der Waals surface area contributed by atoms with E-state index >= 15 is 0 Å². The minimum absolute atomic E-state index is 0.0833. The van der Waals surface area contributed by atoms with Crippen molar-refractivity contribution in [2.75, 3.05) is 6.61 Å². The van der Waals surface area contributed by atoms with Gasteiger partial charge in [0.1, 0.15) is 0 Å². The Hall–Kier alpha value is -3.22. The molecule has 0 aliphatic heterocycles. The summed E-state index contributed by atoms with van der Waals surface area (Å²) < 4.78 is 5.06. The largest absolute Gasteiger partial charge is 0.452 e. The predicted octanol–water partition coefficient (Wildman–Crippen LogP) is 3.25. The predicted molar refractivity (Wildman–Crippen MR) is 98.4 cm³/mol. The van der Waals surface area contributed by atoms with Gasteiger partial charge < -0.3 is 10.1 Å². The quantitative estimate of drug-likeness (QED) is 0.496. The normalized spacial score (nSPS) is 15.5. The van der Waals surface area contributed by atoms with E-state index in [1.54, 1.807) is 0 Å². The van der Waals surface area contributed by atoms with Gasteiger partial charge in [0.2, 0.25) is 0 Å². The number of fused-ring (bicyclic) bond motifs is 1. The number of esters is 1. The molecule has 7 heteroatoms. The summed E-state index contributed by atoms with van der Waals surface area (Å²) in [6.45, 7) is 1.05. The molecule has 0 aromatic heterocycles. The molecule has 0 saturated carbocycles. The fourth-order valence-corrected chi connectivity index (χ4v) is 3.39. The Labute approximate surface area is 156 Å². The van der Waals surface area contributed by atoms with Crippen molar-refractivity contribution in [1.82, 2.24) is 5.32 Å². The second kappa shape index (κ2) is 7.99. The smallest absolute Gasteiger partial charge is 0.339 e. The average Bonchev–Trinajstić information content (AvgIpc) is 2.66. The lowest BCUT2D eigenvalue weighted by atomic mass is 9.88. The zero-order valence-corrected chi connectivity index (χ0v) is 14.9. The minimum Gasteiger partial charge on any atom is -0.452 e. The molecule has 2 aromatic rings. The van der Waals surface area contributed by atoms with Gasteiger partial charge in [-0.3, -0.25) is 14.9 Å². The number of benzene rings is 2. The lowest BCUT2D eigenvalue weighted by Crippen LogP contribution is -2.34. The number of carbonyl (C=O) groups is 2. The van der Waals surface area contributed by atoms with Crippen LogP contribution in [-0.2, 0) is 16.0 Å². The molecule has 0 unspecified atom stereocenters. The second-order valence-electron chi connectivity index (χ2n) is 6.49. The summed E-state index contributed by atoms with van der Waals surface area (Å²) in [6, 6.07) is 12.1. The minimum atomic E-state index is -0.754. The van der Waals surface area contributed by atoms with Gasteiger partial charge in [-0.05, 0) is 43.4 Å². The van der Waals surface area contributed by atoms with Crippen molar-refractivity contribution >= 4 is 17.6 Å². The van der Waals surface area contributed by atoms with E-state index < -0.39 is 23.4 Å². The van der Waals surface area contributed by atoms with Crippen LogP contribution in [0.2, 0.25) is 0 Å². The number of carbonyl (C=O) groups excluding carboxylic acids is 2. The van der Waals surface area contributed by atoms with Crippen molar-refractivity contribution in [3.8, 4) is 0 Å². The monoisotopic (exact) mass is 368 g/mol. The summed E-state index contributed by atoms with van der Waals surface area (Å²) in [5.41, 5.74) is 2.46. The molecule has 1 aliphatic carbocycles. The van der Waals surface area contributed by atoms with Crippen LogP contribution in [0.15, 0.2) is 42.5 Å². The van der Waals surface area contributed by atoms with E-state index in [1.165, 1.54) is 30.7 Å². The maximum absolute atomic E-state index is 12.2. The fraction of sp³-hybridized carbons (Fsp3) is 0.300. The number of hydrogen-bond acceptors (Lipinski definition) is 5. The molecule has 0 bridgehead atoms. The van der Waals surface area contributed by atoms with Crippen LogP contribution >= 0.6 is 0 Å². The third-order valence-electron chi connectivity index (χ3n) is 4.76. The van der Waals surface area contributed by atoms with Gasteiger partial charge in [-0.15, -0.1) is 0 Å². The third-order valence-corrected chi connectivity index (χ3v) is 4.76. The molecule has 0 heterocycles. The van der Waals surface area contributed by atoms with Crippen LogP contribution in [0.3, 0.4) is 0 Å². The van der Waals surface area contributed by atoms with Crippen LogP contribution in [0.25, 0.3) is 0 Å². The number of nitrogens with zero attached hydrogens (tertiary/aromatic N) is 1. The Morgan fingerprint density at radius 1 is 1.22 bits per heavy atom. The summed E-state index contributed by atoms with van der Waals surface area (Å²) in [7, 11) is 0. The van der Waals surface area contributed by atoms with E-state index in [2.05, 4.69) is 11.4 Å². The van der Waals surface area contributed by atoms with Crippen LogP contribution in [-0.4, -0.2) is 23.4 Å². The van der Waals surface area contributed by atoms with Gasteiger partial charge >= 0.3 is 5.97 Å². The van der Waals surface area contributed by atoms with Gasteiger partial charge in [0.05, 0.1) is 16.5 Å². The highest BCUT2D eigenvalue weighted by molar-refractivity contribution is 5.93. The van der Waals surface area contributed by atoms with Gasteiger partial charge in [0.15, 0.2) is 6.61 Å². The highest BCUT2D eigenvalue weighted by Gasteiger charge is 2.23. The Morgan fingerprint density at radius 3 is 2.78 bits per heavy atom. The number of nitro groups is 1. The van der Waals surface area contributed by atoms with Crippen LogP contribution in [0.5, 0.6) is 0 Å². The van der Waals surface area contributed by atoms with Crippen molar-refractivity contribution in [3.05, 3.63) is 74.8 Å². The lowest BCUT2D eigenvalue weighted by Gasteiger charge is -2.26. The summed E-state index contributed by atoms with van der Waals surface area (Å²) in [6.07, 6.45) is 2.80. The number of aryl methyl sites for hydroxylation is 1. The molecule has 2 aromatic carbocycles. The van der Waals surface area contributed by atoms with E-state index in [9.17, 15) is 19.7 Å². The first kappa shape index (κ1) is 18.6. The molecule has 0 saturated heterocycles. The van der Waals surface area contributed by atoms with Crippen molar-refractivity contribution in [3.63, 3.8) is 0 Å². The Bertz CT molecular complexity index is 894. The first-order chi connectivity index (χ1) is 13.0. The van der Waals surface area contributed by atoms with Crippen LogP contribution in [0.1, 0.15) is 45.9 Å². The van der Waals surface area contributed by atoms with Crippen LogP contribution < -0.4 is 5.32 Å². The van der Waals surface area contributed by atoms with Gasteiger partial charge in [0.25, 0.3) is 11.6 Å². The van der Waals surface area contributed by atoms with Gasteiger partial charge in [-0.1, -0.05) is 30.3 Å². The zero-order valence-electron chi connectivity index (χ0n) is 14.9. The highest BCUT2D eigenvalue weighted by atomic mass is 16.6. The molecular formula is C20H20N2O5. The first-order valence-electron chi connectivity index (χ1n) is 8.75. The molecule has 1 N–H and O–H groups in total. The SMILES string of the molecule is Cc1c(C(=O)OCC(=O)N[C@H]2CCCc3ccccc32)cccc1[N+](=O)[O-]. The molecule has 3 rings (SSSR count). The highest BCUT2D eigenvalue weighted by Crippen LogP contribution is 2.29. The van der Waals surface area contributed by atoms with Gasteiger partial charge in [0, 0.05) is 11.6 Å². The number of nitro benzene ring substituents is 1. The number of rotatable bonds is 5. The summed E-state index contributed by atoms with van der Waals surface area (Å²) in [5.74, 6) is -1.15. The second-order valence-corrected chi connectivity index (χ2v) is 6.49. The number of hydrogen-bond donors (Lipinski definition) is 1. The number of nitrogens with one attached hydrogen (secondary N) is 1. The molecule has 27 heavy (non-hydrogen) atoms. The van der Waals surface area contributed by atoms with Crippen LogP contribution in [0, 0.1) is 17.0 Å². The van der Waals surface area contributed by atoms with Crippen molar-refractivity contribution < 1.29 is 19.2 Å². The molecule has 140 valence electrons. The molecule has 1 amide bonds. The summed E-state index contributed by atoms with van der Waals surface area (Å²) in [4.78, 5) is 34.8. The average molecular weight is 368 g/mol. The third kappa shape index (κ3) is 4.13. The molecule has 0 spiro atoms. The molecule has 0 fully saturated rings. The molecule has 0 radical (unpaired) electrons. The van der Waals surface area contributed by atoms with E-state index in [-0.39, 0.29) is 22.9 Å². The Morgan fingerprint density at radius 2 is 2.00 bits per heavy atom. The van der Waals surface area contributed by atoms with E-state index in [4.69, 9.17) is 4.74 Å². The summed E-state index contributed by atoms with van der Waals surface area (Å²) >= 11 is 0. The van der Waals surface area contributed by atoms with Gasteiger partial charge in [-0.2, -0.15) is 0 Å². The summed E-state index contributed by atoms with van der Waals surface area (Å²) in [5, 5.41) is 13.9. The van der Waals surface area contributed by atoms with Crippen molar-refractivity contribution in [1.29, 1.82) is 0 Å². The molecule has 1 aliphatic rings. The fourth-order valence-electron chi connectivity index (χ4n) is 3.39. The van der Waals surface area contributed by atoms with Crippen molar-refractivity contribution in [2.24, 2.45) is 0 Å². The molecule has 7 nitrogen and oxygen atoms in total. The molecule has 1 atom stereocenters. The van der Waals surface area contributed by atoms with E-state index in [0.29, 0.717) is 0 Å². The lowest BCUT2D eigenvalue weighted by molar-refractivity contribution is -0.385. The Balaban J connectivity index is 1.61. The number of amides is 1.